The lowest BCUT2D eigenvalue weighted by Crippen LogP contribution is -2.78. The van der Waals surface area contributed by atoms with Crippen molar-refractivity contribution in [3.63, 3.8) is 0 Å². The Morgan fingerprint density at radius 2 is 1.76 bits per heavy atom. The van der Waals surface area contributed by atoms with Gasteiger partial charge in [-0.3, -0.25) is 0 Å². The Balaban J connectivity index is 1.21. The van der Waals surface area contributed by atoms with E-state index in [-0.39, 0.29) is 23.9 Å². The van der Waals surface area contributed by atoms with Crippen molar-refractivity contribution in [1.82, 2.24) is 0 Å². The first-order valence-corrected chi connectivity index (χ1v) is 14.3. The SMILES string of the molecule is C=C1C[C@H](O)[C@@H](CC[C@@H]2CC[C@]3(OC2)O[C@@]2(O)CC[C@]3(C)OC2(C)C)C(C)(C)[C@H]1C/C=C1/C(=O)OC[C@@H]1O. The first-order chi connectivity index (χ1) is 17.6. The lowest BCUT2D eigenvalue weighted by atomic mass is 9.57. The van der Waals surface area contributed by atoms with Crippen LogP contribution in [-0.2, 0) is 23.7 Å². The quantitative estimate of drug-likeness (QED) is 0.277. The van der Waals surface area contributed by atoms with Gasteiger partial charge in [0.15, 0.2) is 5.79 Å². The molecule has 1 aliphatic carbocycles. The summed E-state index contributed by atoms with van der Waals surface area (Å²) in [6.45, 7) is 15.0. The van der Waals surface area contributed by atoms with E-state index in [1.165, 1.54) is 0 Å². The average Bonchev–Trinajstić information content (AvgIpc) is 3.13. The summed E-state index contributed by atoms with van der Waals surface area (Å²) in [4.78, 5) is 12.0. The molecule has 8 heteroatoms. The van der Waals surface area contributed by atoms with Gasteiger partial charge in [0, 0.05) is 12.8 Å². The summed E-state index contributed by atoms with van der Waals surface area (Å²) in [7, 11) is 0. The van der Waals surface area contributed by atoms with Gasteiger partial charge in [-0.25, -0.2) is 4.79 Å². The van der Waals surface area contributed by atoms with E-state index in [1.807, 2.05) is 20.8 Å². The number of cyclic esters (lactones) is 1. The van der Waals surface area contributed by atoms with Crippen LogP contribution in [0.15, 0.2) is 23.8 Å². The van der Waals surface area contributed by atoms with Crippen LogP contribution in [0, 0.1) is 23.2 Å². The van der Waals surface area contributed by atoms with E-state index >= 15 is 0 Å². The molecule has 0 radical (unpaired) electrons. The Bertz CT molecular complexity index is 992. The molecule has 6 fully saturated rings. The van der Waals surface area contributed by atoms with Crippen LogP contribution in [0.2, 0.25) is 0 Å². The minimum absolute atomic E-state index is 0.0130. The summed E-state index contributed by atoms with van der Waals surface area (Å²) in [5.41, 5.74) is -0.319. The molecule has 6 aliphatic rings. The number of ether oxygens (including phenoxy) is 4. The van der Waals surface area contributed by atoms with Crippen LogP contribution < -0.4 is 0 Å². The van der Waals surface area contributed by atoms with Crippen molar-refractivity contribution in [1.29, 1.82) is 0 Å². The zero-order valence-electron chi connectivity index (χ0n) is 23.6. The molecule has 3 N–H and O–H groups in total. The molecular formula is C30H46O8. The standard InChI is InChI=1S/C30H46O8/c1-18-15-23(31)22(26(2,3)21(18)10-8-20-24(32)17-35-25(20)33)9-7-19-11-12-30(36-16-19)28(6)13-14-29(34,38-30)27(4,5)37-28/h8,19,21-24,31-32,34H,1,7,9-17H2,2-6H3/b20-8+/t19-,21+,22-,23+,24+,28+,29+,30+/m1/s1. The zero-order valence-corrected chi connectivity index (χ0v) is 23.6. The van der Waals surface area contributed by atoms with Gasteiger partial charge in [0.2, 0.25) is 5.79 Å². The Labute approximate surface area is 226 Å². The molecule has 38 heavy (non-hydrogen) atoms. The molecule has 1 saturated carbocycles. The number of hydrogen-bond acceptors (Lipinski definition) is 8. The van der Waals surface area contributed by atoms with E-state index in [2.05, 4.69) is 20.4 Å². The van der Waals surface area contributed by atoms with Crippen molar-refractivity contribution in [2.24, 2.45) is 23.2 Å². The predicted octanol–water partition coefficient (Wildman–Crippen LogP) is 3.77. The number of allylic oxidation sites excluding steroid dienone is 1. The topological polar surface area (TPSA) is 115 Å². The summed E-state index contributed by atoms with van der Waals surface area (Å²) in [6.07, 6.45) is 6.14. The largest absolute Gasteiger partial charge is 0.459 e. The number of fused-ring (bicyclic) bond motifs is 2. The highest BCUT2D eigenvalue weighted by Crippen LogP contribution is 2.59. The zero-order chi connectivity index (χ0) is 27.7. The molecule has 214 valence electrons. The van der Waals surface area contributed by atoms with Gasteiger partial charge in [-0.05, 0) is 82.5 Å². The van der Waals surface area contributed by atoms with Crippen molar-refractivity contribution in [3.8, 4) is 0 Å². The molecule has 0 unspecified atom stereocenters. The second-order valence-corrected chi connectivity index (χ2v) is 13.7. The molecular weight excluding hydrogens is 488 g/mol. The van der Waals surface area contributed by atoms with Gasteiger partial charge >= 0.3 is 5.97 Å². The fourth-order valence-corrected chi connectivity index (χ4v) is 7.96. The third kappa shape index (κ3) is 4.40. The third-order valence-corrected chi connectivity index (χ3v) is 10.6. The normalized spacial score (nSPS) is 47.1. The minimum atomic E-state index is -1.36. The van der Waals surface area contributed by atoms with Crippen molar-refractivity contribution >= 4 is 5.97 Å². The van der Waals surface area contributed by atoms with E-state index in [0.717, 1.165) is 24.8 Å². The second kappa shape index (κ2) is 9.38. The molecule has 1 spiro atoms. The Hall–Kier alpha value is -1.29. The summed E-state index contributed by atoms with van der Waals surface area (Å²) in [6, 6.07) is 0. The highest BCUT2D eigenvalue weighted by molar-refractivity contribution is 5.91. The summed E-state index contributed by atoms with van der Waals surface area (Å²) < 4.78 is 24.1. The summed E-state index contributed by atoms with van der Waals surface area (Å²) in [5.74, 6) is -2.26. The average molecular weight is 535 g/mol. The maximum atomic E-state index is 12.0. The van der Waals surface area contributed by atoms with E-state index in [1.54, 1.807) is 6.08 Å². The fraction of sp³-hybridized carbons (Fsp3) is 0.833. The van der Waals surface area contributed by atoms with Gasteiger partial charge in [-0.1, -0.05) is 32.1 Å². The van der Waals surface area contributed by atoms with Crippen LogP contribution in [0.3, 0.4) is 0 Å². The van der Waals surface area contributed by atoms with Crippen LogP contribution in [0.5, 0.6) is 0 Å². The number of carbonyl (C=O) groups is 1. The molecule has 0 amide bonds. The maximum absolute atomic E-state index is 12.0. The van der Waals surface area contributed by atoms with Crippen molar-refractivity contribution < 1.29 is 39.1 Å². The molecule has 5 saturated heterocycles. The van der Waals surface area contributed by atoms with E-state index in [0.29, 0.717) is 50.2 Å². The van der Waals surface area contributed by atoms with Crippen LogP contribution >= 0.6 is 0 Å². The van der Waals surface area contributed by atoms with Crippen LogP contribution in [0.1, 0.15) is 86.0 Å². The van der Waals surface area contributed by atoms with Crippen LogP contribution in [0.25, 0.3) is 0 Å². The monoisotopic (exact) mass is 534 g/mol. The third-order valence-electron chi connectivity index (χ3n) is 10.6. The van der Waals surface area contributed by atoms with Gasteiger partial charge in [0.05, 0.1) is 18.3 Å². The lowest BCUT2D eigenvalue weighted by Gasteiger charge is -2.66. The first kappa shape index (κ1) is 28.2. The lowest BCUT2D eigenvalue weighted by molar-refractivity contribution is -0.522. The molecule has 0 aromatic heterocycles. The molecule has 5 heterocycles. The number of rotatable bonds is 5. The predicted molar refractivity (Wildman–Crippen MR) is 140 cm³/mol. The van der Waals surface area contributed by atoms with Gasteiger partial charge in [-0.15, -0.1) is 0 Å². The van der Waals surface area contributed by atoms with E-state index in [4.69, 9.17) is 18.9 Å². The number of hydrogen-bond donors (Lipinski definition) is 3. The van der Waals surface area contributed by atoms with Crippen LogP contribution in [-0.4, -0.2) is 69.5 Å². The smallest absolute Gasteiger partial charge is 0.336 e. The first-order valence-electron chi connectivity index (χ1n) is 14.3. The van der Waals surface area contributed by atoms with Gasteiger partial charge in [0.25, 0.3) is 0 Å². The number of aliphatic hydroxyl groups is 3. The Morgan fingerprint density at radius 1 is 1.03 bits per heavy atom. The van der Waals surface area contributed by atoms with Crippen LogP contribution in [0.4, 0.5) is 0 Å². The van der Waals surface area contributed by atoms with Gasteiger partial charge < -0.3 is 34.3 Å². The van der Waals surface area contributed by atoms with E-state index < -0.39 is 41.0 Å². The number of aliphatic hydroxyl groups excluding tert-OH is 2. The summed E-state index contributed by atoms with van der Waals surface area (Å²) >= 11 is 0. The van der Waals surface area contributed by atoms with Crippen molar-refractivity contribution in [2.45, 2.75) is 121 Å². The van der Waals surface area contributed by atoms with Gasteiger partial charge in [0.1, 0.15) is 23.9 Å². The second-order valence-electron chi connectivity index (χ2n) is 13.7. The highest BCUT2D eigenvalue weighted by atomic mass is 16.8. The Morgan fingerprint density at radius 3 is 2.37 bits per heavy atom. The maximum Gasteiger partial charge on any atom is 0.336 e. The van der Waals surface area contributed by atoms with Crippen molar-refractivity contribution in [2.75, 3.05) is 13.2 Å². The molecule has 8 nitrogen and oxygen atoms in total. The molecule has 5 aliphatic heterocycles. The minimum Gasteiger partial charge on any atom is -0.459 e. The van der Waals surface area contributed by atoms with E-state index in [9.17, 15) is 20.1 Å². The highest BCUT2D eigenvalue weighted by Gasteiger charge is 2.71. The number of esters is 1. The molecule has 8 atom stereocenters. The molecule has 0 aromatic carbocycles. The molecule has 6 rings (SSSR count). The Kier molecular flexibility index (Phi) is 6.98. The molecule has 0 aromatic rings. The van der Waals surface area contributed by atoms with Gasteiger partial charge in [-0.2, -0.15) is 0 Å². The number of carbonyl (C=O) groups excluding carboxylic acids is 1. The fourth-order valence-electron chi connectivity index (χ4n) is 7.96. The summed E-state index contributed by atoms with van der Waals surface area (Å²) in [5, 5.41) is 32.3. The molecule has 2 bridgehead atoms. The van der Waals surface area contributed by atoms with Crippen molar-refractivity contribution in [3.05, 3.63) is 23.8 Å².